The van der Waals surface area contributed by atoms with Crippen molar-refractivity contribution in [3.8, 4) is 17.6 Å². The van der Waals surface area contributed by atoms with E-state index in [-0.39, 0.29) is 5.91 Å². The van der Waals surface area contributed by atoms with Gasteiger partial charge in [0.2, 0.25) is 5.91 Å². The molecule has 0 saturated heterocycles. The van der Waals surface area contributed by atoms with Crippen LogP contribution in [0.25, 0.3) is 0 Å². The number of amides is 1. The molecule has 1 fully saturated rings. The minimum absolute atomic E-state index is 0.224. The molecule has 1 aromatic carbocycles. The number of fused-ring (bicyclic) bond motifs is 1. The van der Waals surface area contributed by atoms with E-state index >= 15 is 0 Å². The summed E-state index contributed by atoms with van der Waals surface area (Å²) in [6, 6.07) is 7.49. The molecule has 1 saturated carbocycles. The van der Waals surface area contributed by atoms with Crippen LogP contribution in [0.2, 0.25) is 0 Å². The van der Waals surface area contributed by atoms with E-state index in [4.69, 9.17) is 9.47 Å². The lowest BCUT2D eigenvalue weighted by Crippen LogP contribution is -2.45. The standard InChI is InChI=1S/C16H18N2O3/c1-11-8-16(9-11,10-17)15(19)18-12-3-4-13-14(7-12)21-6-2-5-20-13/h3-4,7,11H,2,5-6,8-9H2,1H3,(H,18,19). The van der Waals surface area contributed by atoms with Gasteiger partial charge in [0.1, 0.15) is 5.41 Å². The van der Waals surface area contributed by atoms with Gasteiger partial charge in [0.05, 0.1) is 19.3 Å². The molecule has 0 unspecified atom stereocenters. The van der Waals surface area contributed by atoms with Gasteiger partial charge in [0, 0.05) is 18.2 Å². The number of anilines is 1. The molecular weight excluding hydrogens is 268 g/mol. The highest BCUT2D eigenvalue weighted by Crippen LogP contribution is 2.45. The molecule has 0 bridgehead atoms. The van der Waals surface area contributed by atoms with Crippen LogP contribution in [-0.2, 0) is 4.79 Å². The van der Waals surface area contributed by atoms with E-state index in [2.05, 4.69) is 18.3 Å². The predicted octanol–water partition coefficient (Wildman–Crippen LogP) is 2.73. The van der Waals surface area contributed by atoms with E-state index in [0.717, 1.165) is 6.42 Å². The number of hydrogen-bond acceptors (Lipinski definition) is 4. The molecule has 1 aromatic rings. The maximum atomic E-state index is 12.3. The van der Waals surface area contributed by atoms with Gasteiger partial charge in [0.25, 0.3) is 0 Å². The Morgan fingerprint density at radius 3 is 2.71 bits per heavy atom. The molecule has 2 aliphatic rings. The molecule has 0 atom stereocenters. The first kappa shape index (κ1) is 13.7. The molecule has 0 aromatic heterocycles. The first-order valence-corrected chi connectivity index (χ1v) is 7.25. The summed E-state index contributed by atoms with van der Waals surface area (Å²) in [5.41, 5.74) is -0.234. The van der Waals surface area contributed by atoms with Crippen molar-refractivity contribution < 1.29 is 14.3 Å². The maximum absolute atomic E-state index is 12.3. The van der Waals surface area contributed by atoms with Crippen LogP contribution in [0.3, 0.4) is 0 Å². The van der Waals surface area contributed by atoms with Gasteiger partial charge >= 0.3 is 0 Å². The van der Waals surface area contributed by atoms with E-state index < -0.39 is 5.41 Å². The monoisotopic (exact) mass is 286 g/mol. The van der Waals surface area contributed by atoms with E-state index in [1.165, 1.54) is 0 Å². The SMILES string of the molecule is CC1CC(C#N)(C(=O)Nc2ccc3c(c2)OCCCO3)C1. The first-order chi connectivity index (χ1) is 10.1. The number of nitriles is 1. The highest BCUT2D eigenvalue weighted by molar-refractivity contribution is 5.98. The first-order valence-electron chi connectivity index (χ1n) is 7.25. The van der Waals surface area contributed by atoms with Crippen LogP contribution in [0.15, 0.2) is 18.2 Å². The van der Waals surface area contributed by atoms with Gasteiger partial charge in [-0.1, -0.05) is 6.92 Å². The smallest absolute Gasteiger partial charge is 0.244 e. The Morgan fingerprint density at radius 1 is 1.33 bits per heavy atom. The molecular formula is C16H18N2O3. The third-order valence-corrected chi connectivity index (χ3v) is 4.05. The van der Waals surface area contributed by atoms with Crippen LogP contribution in [0.5, 0.6) is 11.5 Å². The Labute approximate surface area is 123 Å². The number of rotatable bonds is 2. The van der Waals surface area contributed by atoms with E-state index in [0.29, 0.717) is 49.2 Å². The van der Waals surface area contributed by atoms with Crippen molar-refractivity contribution in [2.75, 3.05) is 18.5 Å². The molecule has 1 N–H and O–H groups in total. The van der Waals surface area contributed by atoms with Gasteiger partial charge in [-0.05, 0) is 30.9 Å². The summed E-state index contributed by atoms with van der Waals surface area (Å²) in [5.74, 6) is 1.54. The molecule has 0 spiro atoms. The molecule has 1 aliphatic heterocycles. The fourth-order valence-corrected chi connectivity index (χ4v) is 2.95. The molecule has 5 nitrogen and oxygen atoms in total. The lowest BCUT2D eigenvalue weighted by atomic mass is 9.63. The number of nitrogens with zero attached hydrogens (tertiary/aromatic N) is 1. The second-order valence-corrected chi connectivity index (χ2v) is 5.87. The number of hydrogen-bond donors (Lipinski definition) is 1. The Bertz CT molecular complexity index is 600. The number of ether oxygens (including phenoxy) is 2. The fraction of sp³-hybridized carbons (Fsp3) is 0.500. The number of nitrogens with one attached hydrogen (secondary N) is 1. The largest absolute Gasteiger partial charge is 0.490 e. The van der Waals surface area contributed by atoms with Crippen molar-refractivity contribution in [1.29, 1.82) is 5.26 Å². The number of carbonyl (C=O) groups is 1. The molecule has 1 aliphatic carbocycles. The normalized spacial score (nSPS) is 27.0. The van der Waals surface area contributed by atoms with Gasteiger partial charge in [-0.3, -0.25) is 4.79 Å². The van der Waals surface area contributed by atoms with Gasteiger partial charge in [0.15, 0.2) is 11.5 Å². The van der Waals surface area contributed by atoms with Gasteiger partial charge in [-0.25, -0.2) is 0 Å². The van der Waals surface area contributed by atoms with Crippen LogP contribution < -0.4 is 14.8 Å². The van der Waals surface area contributed by atoms with Gasteiger partial charge < -0.3 is 14.8 Å². The van der Waals surface area contributed by atoms with Crippen LogP contribution in [0.1, 0.15) is 26.2 Å². The summed E-state index contributed by atoms with van der Waals surface area (Å²) in [7, 11) is 0. The molecule has 110 valence electrons. The second-order valence-electron chi connectivity index (χ2n) is 5.87. The van der Waals surface area contributed by atoms with Crippen LogP contribution in [0.4, 0.5) is 5.69 Å². The van der Waals surface area contributed by atoms with E-state index in [9.17, 15) is 10.1 Å². The van der Waals surface area contributed by atoms with Crippen molar-refractivity contribution in [2.45, 2.75) is 26.2 Å². The Kier molecular flexibility index (Phi) is 3.46. The minimum atomic E-state index is -0.871. The number of benzene rings is 1. The Balaban J connectivity index is 1.75. The van der Waals surface area contributed by atoms with Crippen LogP contribution in [-0.4, -0.2) is 19.1 Å². The maximum Gasteiger partial charge on any atom is 0.244 e. The zero-order chi connectivity index (χ0) is 14.9. The predicted molar refractivity (Wildman–Crippen MR) is 77.1 cm³/mol. The third-order valence-electron chi connectivity index (χ3n) is 4.05. The summed E-state index contributed by atoms with van der Waals surface area (Å²) < 4.78 is 11.2. The Morgan fingerprint density at radius 2 is 2.05 bits per heavy atom. The number of carbonyl (C=O) groups excluding carboxylic acids is 1. The molecule has 1 amide bonds. The van der Waals surface area contributed by atoms with Crippen molar-refractivity contribution >= 4 is 11.6 Å². The van der Waals surface area contributed by atoms with Crippen molar-refractivity contribution in [2.24, 2.45) is 11.3 Å². The summed E-state index contributed by atoms with van der Waals surface area (Å²) in [6.45, 7) is 3.29. The zero-order valence-electron chi connectivity index (χ0n) is 12.0. The average Bonchev–Trinajstić information content (AvgIpc) is 2.68. The lowest BCUT2D eigenvalue weighted by molar-refractivity contribution is -0.128. The van der Waals surface area contributed by atoms with E-state index in [1.54, 1.807) is 18.2 Å². The quantitative estimate of drug-likeness (QED) is 0.907. The van der Waals surface area contributed by atoms with Crippen LogP contribution in [0, 0.1) is 22.7 Å². The van der Waals surface area contributed by atoms with Crippen molar-refractivity contribution in [3.05, 3.63) is 18.2 Å². The lowest BCUT2D eigenvalue weighted by Gasteiger charge is -2.39. The topological polar surface area (TPSA) is 71.4 Å². The summed E-state index contributed by atoms with van der Waals surface area (Å²) >= 11 is 0. The average molecular weight is 286 g/mol. The molecule has 21 heavy (non-hydrogen) atoms. The highest BCUT2D eigenvalue weighted by Gasteiger charge is 2.48. The summed E-state index contributed by atoms with van der Waals surface area (Å²) in [5, 5.41) is 12.1. The highest BCUT2D eigenvalue weighted by atomic mass is 16.5. The third kappa shape index (κ3) is 2.54. The van der Waals surface area contributed by atoms with Gasteiger partial charge in [-0.15, -0.1) is 0 Å². The van der Waals surface area contributed by atoms with Crippen molar-refractivity contribution in [1.82, 2.24) is 0 Å². The van der Waals surface area contributed by atoms with Crippen molar-refractivity contribution in [3.63, 3.8) is 0 Å². The zero-order valence-corrected chi connectivity index (χ0v) is 12.0. The van der Waals surface area contributed by atoms with E-state index in [1.807, 2.05) is 0 Å². The minimum Gasteiger partial charge on any atom is -0.490 e. The van der Waals surface area contributed by atoms with Crippen LogP contribution >= 0.6 is 0 Å². The Hall–Kier alpha value is -2.22. The molecule has 5 heteroatoms. The molecule has 1 heterocycles. The fourth-order valence-electron chi connectivity index (χ4n) is 2.95. The second kappa shape index (κ2) is 5.28. The van der Waals surface area contributed by atoms with Gasteiger partial charge in [-0.2, -0.15) is 5.26 Å². The molecule has 3 rings (SSSR count). The summed E-state index contributed by atoms with van der Waals surface area (Å²) in [6.07, 6.45) is 2.09. The molecule has 0 radical (unpaired) electrons. The summed E-state index contributed by atoms with van der Waals surface area (Å²) in [4.78, 5) is 12.3.